The Bertz CT molecular complexity index is 285. The van der Waals surface area contributed by atoms with Crippen LogP contribution in [-0.4, -0.2) is 36.2 Å². The first kappa shape index (κ1) is 11.7. The Hall–Kier alpha value is -0.770. The van der Waals surface area contributed by atoms with Gasteiger partial charge in [0.1, 0.15) is 5.60 Å². The maximum absolute atomic E-state index is 11.8. The molecule has 92 valence electrons. The summed E-state index contributed by atoms with van der Waals surface area (Å²) in [5.74, 6) is 1.91. The molecule has 1 saturated heterocycles. The highest BCUT2D eigenvalue weighted by Gasteiger charge is 2.48. The van der Waals surface area contributed by atoms with E-state index in [1.807, 2.05) is 25.7 Å². The molecule has 0 aromatic heterocycles. The third-order valence-corrected chi connectivity index (χ3v) is 3.66. The molecule has 2 N–H and O–H groups in total. The number of hydrogen-bond acceptors (Lipinski definition) is 3. The third kappa shape index (κ3) is 2.17. The number of nitrogens with two attached hydrogens (primary N) is 1. The summed E-state index contributed by atoms with van der Waals surface area (Å²) in [5.41, 5.74) is 5.28. The van der Waals surface area contributed by atoms with E-state index in [1.165, 1.54) is 6.42 Å². The van der Waals surface area contributed by atoms with E-state index in [4.69, 9.17) is 10.5 Å². The molecule has 16 heavy (non-hydrogen) atoms. The van der Waals surface area contributed by atoms with Crippen LogP contribution < -0.4 is 5.73 Å². The van der Waals surface area contributed by atoms with E-state index >= 15 is 0 Å². The predicted octanol–water partition coefficient (Wildman–Crippen LogP) is 1.45. The van der Waals surface area contributed by atoms with Crippen molar-refractivity contribution in [1.29, 1.82) is 0 Å². The molecule has 1 aliphatic carbocycles. The molecule has 4 heteroatoms. The lowest BCUT2D eigenvalue weighted by molar-refractivity contribution is 0.0287. The number of fused-ring (bicyclic) bond motifs is 1. The second kappa shape index (κ2) is 3.91. The second-order valence-electron chi connectivity index (χ2n) is 6.04. The van der Waals surface area contributed by atoms with Crippen molar-refractivity contribution in [3.8, 4) is 0 Å². The Morgan fingerprint density at radius 3 is 2.69 bits per heavy atom. The third-order valence-electron chi connectivity index (χ3n) is 3.66. The van der Waals surface area contributed by atoms with E-state index in [0.717, 1.165) is 19.6 Å². The Balaban J connectivity index is 1.87. The minimum absolute atomic E-state index is 0.169. The zero-order valence-electron chi connectivity index (χ0n) is 10.4. The Morgan fingerprint density at radius 2 is 2.12 bits per heavy atom. The van der Waals surface area contributed by atoms with Crippen LogP contribution in [0.3, 0.4) is 0 Å². The molecule has 1 heterocycles. The van der Waals surface area contributed by atoms with Gasteiger partial charge in [-0.25, -0.2) is 4.79 Å². The van der Waals surface area contributed by atoms with Gasteiger partial charge >= 0.3 is 6.09 Å². The van der Waals surface area contributed by atoms with E-state index in [0.29, 0.717) is 17.8 Å². The molecule has 0 spiro atoms. The highest BCUT2D eigenvalue weighted by Crippen LogP contribution is 2.45. The zero-order valence-corrected chi connectivity index (χ0v) is 10.4. The fourth-order valence-electron chi connectivity index (χ4n) is 2.79. The van der Waals surface area contributed by atoms with Gasteiger partial charge in [-0.1, -0.05) is 0 Å². The molecule has 1 saturated carbocycles. The van der Waals surface area contributed by atoms with Gasteiger partial charge in [0, 0.05) is 13.1 Å². The summed E-state index contributed by atoms with van der Waals surface area (Å²) in [4.78, 5) is 13.7. The summed E-state index contributed by atoms with van der Waals surface area (Å²) < 4.78 is 5.37. The first-order valence-corrected chi connectivity index (χ1v) is 6.08. The zero-order chi connectivity index (χ0) is 11.9. The van der Waals surface area contributed by atoms with Crippen molar-refractivity contribution in [3.63, 3.8) is 0 Å². The molecular weight excluding hydrogens is 204 g/mol. The average Bonchev–Trinajstić information content (AvgIpc) is 2.43. The molecule has 1 amide bonds. The highest BCUT2D eigenvalue weighted by atomic mass is 16.6. The van der Waals surface area contributed by atoms with Crippen LogP contribution in [0.1, 0.15) is 27.2 Å². The standard InChI is InChI=1S/C12H22N2O2/c1-12(2,3)16-11(15)14-6-9-4-8(5-13)10(9)7-14/h8-10H,4-7,13H2,1-3H3/t8-,9+,10+/m0/s1. The van der Waals surface area contributed by atoms with E-state index in [1.54, 1.807) is 0 Å². The van der Waals surface area contributed by atoms with Crippen molar-refractivity contribution in [2.24, 2.45) is 23.5 Å². The largest absolute Gasteiger partial charge is 0.444 e. The summed E-state index contributed by atoms with van der Waals surface area (Å²) in [6, 6.07) is 0. The van der Waals surface area contributed by atoms with Gasteiger partial charge < -0.3 is 15.4 Å². The van der Waals surface area contributed by atoms with E-state index in [-0.39, 0.29) is 6.09 Å². The lowest BCUT2D eigenvalue weighted by Gasteiger charge is -2.38. The molecule has 0 aromatic carbocycles. The smallest absolute Gasteiger partial charge is 0.410 e. The number of nitrogens with zero attached hydrogens (tertiary/aromatic N) is 1. The molecular formula is C12H22N2O2. The van der Waals surface area contributed by atoms with E-state index < -0.39 is 5.60 Å². The van der Waals surface area contributed by atoms with Crippen molar-refractivity contribution in [2.75, 3.05) is 19.6 Å². The van der Waals surface area contributed by atoms with Gasteiger partial charge in [0.25, 0.3) is 0 Å². The van der Waals surface area contributed by atoms with Gasteiger partial charge in [-0.3, -0.25) is 0 Å². The SMILES string of the molecule is CC(C)(C)OC(=O)N1C[C@H]2C[C@@H](CN)[C@H]2C1. The van der Waals surface area contributed by atoms with Crippen LogP contribution in [0.2, 0.25) is 0 Å². The summed E-state index contributed by atoms with van der Waals surface area (Å²) in [6.45, 7) is 8.15. The molecule has 2 aliphatic rings. The Morgan fingerprint density at radius 1 is 1.44 bits per heavy atom. The highest BCUT2D eigenvalue weighted by molar-refractivity contribution is 5.68. The second-order valence-corrected chi connectivity index (χ2v) is 6.04. The Labute approximate surface area is 97.1 Å². The first-order valence-electron chi connectivity index (χ1n) is 6.08. The molecule has 1 aliphatic heterocycles. The normalized spacial score (nSPS) is 33.2. The van der Waals surface area contributed by atoms with Crippen LogP contribution in [-0.2, 0) is 4.74 Å². The van der Waals surface area contributed by atoms with Crippen LogP contribution in [0.25, 0.3) is 0 Å². The topological polar surface area (TPSA) is 55.6 Å². The molecule has 2 fully saturated rings. The Kier molecular flexibility index (Phi) is 2.86. The summed E-state index contributed by atoms with van der Waals surface area (Å²) in [7, 11) is 0. The number of hydrogen-bond donors (Lipinski definition) is 1. The number of ether oxygens (including phenoxy) is 1. The molecule has 0 bridgehead atoms. The number of rotatable bonds is 1. The van der Waals surface area contributed by atoms with Crippen LogP contribution in [0.15, 0.2) is 0 Å². The number of likely N-dealkylation sites (tertiary alicyclic amines) is 1. The molecule has 3 atom stereocenters. The minimum atomic E-state index is -0.397. The predicted molar refractivity (Wildman–Crippen MR) is 61.9 cm³/mol. The minimum Gasteiger partial charge on any atom is -0.444 e. The van der Waals surface area contributed by atoms with Crippen molar-refractivity contribution in [1.82, 2.24) is 4.90 Å². The molecule has 0 aromatic rings. The first-order chi connectivity index (χ1) is 7.40. The van der Waals surface area contributed by atoms with Crippen molar-refractivity contribution < 1.29 is 9.53 Å². The van der Waals surface area contributed by atoms with Crippen LogP contribution in [0.4, 0.5) is 4.79 Å². The van der Waals surface area contributed by atoms with Gasteiger partial charge in [0.05, 0.1) is 0 Å². The van der Waals surface area contributed by atoms with E-state index in [9.17, 15) is 4.79 Å². The molecule has 0 unspecified atom stereocenters. The van der Waals surface area contributed by atoms with Gasteiger partial charge in [0.2, 0.25) is 0 Å². The summed E-state index contributed by atoms with van der Waals surface area (Å²) in [5, 5.41) is 0. The lowest BCUT2D eigenvalue weighted by atomic mass is 9.67. The lowest BCUT2D eigenvalue weighted by Crippen LogP contribution is -2.40. The van der Waals surface area contributed by atoms with Crippen LogP contribution in [0, 0.1) is 17.8 Å². The monoisotopic (exact) mass is 226 g/mol. The number of carbonyl (C=O) groups is 1. The van der Waals surface area contributed by atoms with Crippen LogP contribution in [0.5, 0.6) is 0 Å². The fraction of sp³-hybridized carbons (Fsp3) is 0.917. The molecule has 0 radical (unpaired) electrons. The van der Waals surface area contributed by atoms with Gasteiger partial charge in [0.15, 0.2) is 0 Å². The number of amides is 1. The van der Waals surface area contributed by atoms with Crippen LogP contribution >= 0.6 is 0 Å². The fourth-order valence-corrected chi connectivity index (χ4v) is 2.79. The maximum Gasteiger partial charge on any atom is 0.410 e. The van der Waals surface area contributed by atoms with Crippen molar-refractivity contribution in [3.05, 3.63) is 0 Å². The number of carbonyl (C=O) groups excluding carboxylic acids is 1. The molecule has 4 nitrogen and oxygen atoms in total. The van der Waals surface area contributed by atoms with Crippen molar-refractivity contribution in [2.45, 2.75) is 32.8 Å². The van der Waals surface area contributed by atoms with Gasteiger partial charge in [-0.15, -0.1) is 0 Å². The van der Waals surface area contributed by atoms with Gasteiger partial charge in [-0.2, -0.15) is 0 Å². The van der Waals surface area contributed by atoms with Crippen molar-refractivity contribution >= 4 is 6.09 Å². The maximum atomic E-state index is 11.8. The summed E-state index contributed by atoms with van der Waals surface area (Å²) >= 11 is 0. The van der Waals surface area contributed by atoms with Gasteiger partial charge in [-0.05, 0) is 51.5 Å². The quantitative estimate of drug-likeness (QED) is 0.736. The molecule has 2 rings (SSSR count). The average molecular weight is 226 g/mol. The summed E-state index contributed by atoms with van der Waals surface area (Å²) in [6.07, 6.45) is 1.01. The van der Waals surface area contributed by atoms with E-state index in [2.05, 4.69) is 0 Å².